The van der Waals surface area contributed by atoms with Crippen LogP contribution in [-0.2, 0) is 4.79 Å². The summed E-state index contributed by atoms with van der Waals surface area (Å²) in [5.41, 5.74) is 1.17. The summed E-state index contributed by atoms with van der Waals surface area (Å²) < 4.78 is 0. The van der Waals surface area contributed by atoms with Crippen LogP contribution < -0.4 is 10.2 Å². The van der Waals surface area contributed by atoms with Gasteiger partial charge in [0.25, 0.3) is 0 Å². The fraction of sp³-hybridized carbons (Fsp3) is 0.667. The van der Waals surface area contributed by atoms with Gasteiger partial charge in [-0.3, -0.25) is 0 Å². The Morgan fingerprint density at radius 1 is 0.714 bits per heavy atom. The van der Waals surface area contributed by atoms with Gasteiger partial charge in [0.2, 0.25) is 0 Å². The zero-order valence-corrected chi connectivity index (χ0v) is 26.0. The molecule has 0 aromatic heterocycles. The molecule has 35 heavy (non-hydrogen) atoms. The molecule has 0 N–H and O–H groups in total. The van der Waals surface area contributed by atoms with Crippen molar-refractivity contribution in [3.63, 3.8) is 0 Å². The van der Waals surface area contributed by atoms with Crippen molar-refractivity contribution in [2.75, 3.05) is 0 Å². The summed E-state index contributed by atoms with van der Waals surface area (Å²) in [5, 5.41) is 20.4. The zero-order chi connectivity index (χ0) is 26.5. The molecule has 0 aliphatic rings. The summed E-state index contributed by atoms with van der Waals surface area (Å²) in [5.74, 6) is -2.03. The number of benzene rings is 1. The van der Waals surface area contributed by atoms with E-state index < -0.39 is 11.9 Å². The Kier molecular flexibility index (Phi) is 41.2. The molecule has 1 aromatic rings. The van der Waals surface area contributed by atoms with E-state index in [1.54, 1.807) is 12.1 Å². The quantitative estimate of drug-likeness (QED) is 0.168. The van der Waals surface area contributed by atoms with Crippen LogP contribution in [0.1, 0.15) is 139 Å². The average Bonchev–Trinajstić information content (AvgIpc) is 2.83. The predicted octanol–water partition coefficient (Wildman–Crippen LogP) is 6.66. The van der Waals surface area contributed by atoms with E-state index in [4.69, 9.17) is 0 Å². The number of rotatable bonds is 15. The molecule has 0 heterocycles. The molecular weight excluding hydrogens is 543 g/mol. The molecule has 1 rings (SSSR count). The Labute approximate surface area is 234 Å². The molecule has 0 aliphatic carbocycles. The number of carboxylic acid groups (broad SMARTS) is 2. The monoisotopic (exact) mass is 596 g/mol. The maximum atomic E-state index is 10.2. The molecule has 200 valence electrons. The number of carboxylic acids is 2. The molecule has 0 bridgehead atoms. The van der Waals surface area contributed by atoms with Crippen molar-refractivity contribution in [1.29, 1.82) is 0 Å². The molecule has 0 saturated carbocycles. The van der Waals surface area contributed by atoms with Gasteiger partial charge in [-0.05, 0) is 25.3 Å². The van der Waals surface area contributed by atoms with Gasteiger partial charge in [0.15, 0.2) is 0 Å². The van der Waals surface area contributed by atoms with Crippen molar-refractivity contribution in [3.05, 3.63) is 49.2 Å². The molecule has 0 amide bonds. The van der Waals surface area contributed by atoms with Crippen LogP contribution in [0, 0.1) is 20.8 Å². The largest absolute Gasteiger partial charge is 2.00 e. The van der Waals surface area contributed by atoms with Crippen molar-refractivity contribution < 1.29 is 19.8 Å². The first-order valence-corrected chi connectivity index (χ1v) is 13.4. The van der Waals surface area contributed by atoms with Crippen molar-refractivity contribution in [1.82, 2.24) is 0 Å². The summed E-state index contributed by atoms with van der Waals surface area (Å²) in [4.78, 5) is 20.4. The van der Waals surface area contributed by atoms with E-state index in [1.807, 2.05) is 13.0 Å². The molecule has 0 fully saturated rings. The minimum absolute atomic E-state index is 0. The van der Waals surface area contributed by atoms with Crippen molar-refractivity contribution in [3.8, 4) is 0 Å². The third kappa shape index (κ3) is 40.4. The normalized spacial score (nSPS) is 9.20. The number of aryl methyl sites for hydroxylation is 1. The van der Waals surface area contributed by atoms with E-state index in [9.17, 15) is 19.8 Å². The third-order valence-corrected chi connectivity index (χ3v) is 4.95. The van der Waals surface area contributed by atoms with Crippen molar-refractivity contribution in [2.24, 2.45) is 0 Å². The van der Waals surface area contributed by atoms with E-state index >= 15 is 0 Å². The third-order valence-electron chi connectivity index (χ3n) is 4.95. The summed E-state index contributed by atoms with van der Waals surface area (Å²) in [6.45, 7) is 15.5. The fourth-order valence-electron chi connectivity index (χ4n) is 2.71. The average molecular weight is 595 g/mol. The van der Waals surface area contributed by atoms with Crippen molar-refractivity contribution >= 4 is 35.8 Å². The Hall–Kier alpha value is -1.04. The van der Waals surface area contributed by atoms with E-state index in [1.165, 1.54) is 76.7 Å². The van der Waals surface area contributed by atoms with E-state index in [2.05, 4.69) is 34.6 Å². The van der Waals surface area contributed by atoms with Crippen LogP contribution in [0.3, 0.4) is 0 Å². The SMILES string of the molecule is CCCCCCCCCCCCCC(=O)[O-].Cc1cccc(C(=O)[O-])c1.[CH2]CCC.[CH2]CCC.[Sn+2]. The van der Waals surface area contributed by atoms with Crippen LogP contribution in [-0.4, -0.2) is 35.8 Å². The van der Waals surface area contributed by atoms with Gasteiger partial charge in [0.1, 0.15) is 0 Å². The smallest absolute Gasteiger partial charge is 0.550 e. The summed E-state index contributed by atoms with van der Waals surface area (Å²) >= 11 is 0. The molecule has 0 saturated heterocycles. The van der Waals surface area contributed by atoms with Crippen LogP contribution in [0.4, 0.5) is 0 Å². The Morgan fingerprint density at radius 3 is 1.40 bits per heavy atom. The first kappa shape index (κ1) is 41.1. The molecule has 5 heteroatoms. The van der Waals surface area contributed by atoms with Gasteiger partial charge in [-0.2, -0.15) is 0 Å². The van der Waals surface area contributed by atoms with Crippen LogP contribution >= 0.6 is 0 Å². The standard InChI is InChI=1S/C14H28O2.C8H8O2.2C4H9.Sn/c1-2-3-4-5-6-7-8-9-10-11-12-13-14(15)16;1-6-3-2-4-7(5-6)8(9)10;2*1-3-4-2;/h2-13H2,1H3,(H,15,16);2-5H,1H3,(H,9,10);2*1,3-4H2,2H3;/q;;;;+2/p-2. The van der Waals surface area contributed by atoms with Gasteiger partial charge < -0.3 is 19.8 Å². The summed E-state index contributed by atoms with van der Waals surface area (Å²) in [6.07, 6.45) is 18.6. The van der Waals surface area contributed by atoms with E-state index in [0.717, 1.165) is 31.2 Å². The second-order valence-corrected chi connectivity index (χ2v) is 8.52. The Bertz CT molecular complexity index is 553. The van der Waals surface area contributed by atoms with E-state index in [-0.39, 0.29) is 35.9 Å². The number of carbonyl (C=O) groups is 2. The van der Waals surface area contributed by atoms with Gasteiger partial charge in [-0.15, -0.1) is 0 Å². The Balaban J connectivity index is -0.000000214. The molecule has 0 unspecified atom stereocenters. The number of carbonyl (C=O) groups excluding carboxylic acids is 2. The maximum absolute atomic E-state index is 10.2. The zero-order valence-electron chi connectivity index (χ0n) is 23.2. The van der Waals surface area contributed by atoms with Crippen molar-refractivity contribution in [2.45, 2.75) is 130 Å². The summed E-state index contributed by atoms with van der Waals surface area (Å²) in [6, 6.07) is 6.63. The second-order valence-electron chi connectivity index (χ2n) is 8.52. The van der Waals surface area contributed by atoms with Crippen LogP contribution in [0.2, 0.25) is 0 Å². The molecule has 4 radical (unpaired) electrons. The molecule has 1 aromatic carbocycles. The number of aliphatic carboxylic acids is 1. The molecule has 0 atom stereocenters. The number of hydrogen-bond donors (Lipinski definition) is 0. The maximum Gasteiger partial charge on any atom is 2.00 e. The number of aromatic carboxylic acids is 1. The van der Waals surface area contributed by atoms with Gasteiger partial charge in [0.05, 0.1) is 5.97 Å². The first-order valence-electron chi connectivity index (χ1n) is 13.4. The second kappa shape index (κ2) is 35.1. The first-order chi connectivity index (χ1) is 16.3. The van der Waals surface area contributed by atoms with E-state index in [0.29, 0.717) is 0 Å². The van der Waals surface area contributed by atoms with Crippen LogP contribution in [0.15, 0.2) is 24.3 Å². The molecule has 0 aliphatic heterocycles. The van der Waals surface area contributed by atoms with Gasteiger partial charge in [-0.1, -0.05) is 154 Å². The molecule has 4 nitrogen and oxygen atoms in total. The Morgan fingerprint density at radius 2 is 1.11 bits per heavy atom. The van der Waals surface area contributed by atoms with Gasteiger partial charge in [0, 0.05) is 5.97 Å². The molecule has 0 spiro atoms. The molecular formula is C30H52O4Sn. The predicted molar refractivity (Wildman–Crippen MR) is 148 cm³/mol. The van der Waals surface area contributed by atoms with Crippen LogP contribution in [0.5, 0.6) is 0 Å². The fourth-order valence-corrected chi connectivity index (χ4v) is 2.71. The number of hydrogen-bond acceptors (Lipinski definition) is 4. The number of unbranched alkanes of at least 4 members (excludes halogenated alkanes) is 12. The summed E-state index contributed by atoms with van der Waals surface area (Å²) in [7, 11) is 0. The topological polar surface area (TPSA) is 80.3 Å². The van der Waals surface area contributed by atoms with Crippen LogP contribution in [0.25, 0.3) is 0 Å². The van der Waals surface area contributed by atoms with Gasteiger partial charge >= 0.3 is 23.9 Å². The van der Waals surface area contributed by atoms with Gasteiger partial charge in [-0.25, -0.2) is 0 Å². The minimum atomic E-state index is -1.12. The minimum Gasteiger partial charge on any atom is -0.550 e.